The quantitative estimate of drug-likeness (QED) is 0.865. The van der Waals surface area contributed by atoms with E-state index in [1.54, 1.807) is 6.20 Å². The highest BCUT2D eigenvalue weighted by Crippen LogP contribution is 2.23. The van der Waals surface area contributed by atoms with Crippen molar-refractivity contribution in [3.8, 4) is 5.69 Å². The summed E-state index contributed by atoms with van der Waals surface area (Å²) in [5, 5.41) is 4.56. The maximum Gasteiger partial charge on any atom is 0.292 e. The third-order valence-electron chi connectivity index (χ3n) is 4.34. The van der Waals surface area contributed by atoms with Crippen LogP contribution in [0.2, 0.25) is 5.02 Å². The Kier molecular flexibility index (Phi) is 4.68. The normalized spacial score (nSPS) is 15.9. The molecule has 0 unspecified atom stereocenters. The van der Waals surface area contributed by atoms with E-state index in [4.69, 9.17) is 11.6 Å². The molecule has 0 radical (unpaired) electrons. The number of hydrogen-bond acceptors (Lipinski definition) is 4. The van der Waals surface area contributed by atoms with Gasteiger partial charge in [0.25, 0.3) is 5.56 Å². The Hall–Kier alpha value is -1.85. The van der Waals surface area contributed by atoms with Gasteiger partial charge in [-0.2, -0.15) is 9.78 Å². The summed E-state index contributed by atoms with van der Waals surface area (Å²) >= 11 is 6.35. The number of rotatable bonds is 3. The highest BCUT2D eigenvalue weighted by molar-refractivity contribution is 6.33. The molecular formula is C17H21ClN4O. The average Bonchev–Trinajstić information content (AvgIpc) is 2.58. The second-order valence-electron chi connectivity index (χ2n) is 5.82. The maximum absolute atomic E-state index is 12.6. The number of aryl methyl sites for hydroxylation is 1. The third kappa shape index (κ3) is 3.26. The van der Waals surface area contributed by atoms with Gasteiger partial charge in [-0.1, -0.05) is 36.2 Å². The Morgan fingerprint density at radius 3 is 2.39 bits per heavy atom. The highest BCUT2D eigenvalue weighted by atomic mass is 35.5. The first kappa shape index (κ1) is 16.0. The van der Waals surface area contributed by atoms with Crippen molar-refractivity contribution in [3.63, 3.8) is 0 Å². The predicted octanol–water partition coefficient (Wildman–Crippen LogP) is 2.34. The molecule has 2 heterocycles. The number of nitrogens with zero attached hydrogens (tertiary/aromatic N) is 4. The lowest BCUT2D eigenvalue weighted by atomic mass is 10.2. The van der Waals surface area contributed by atoms with Crippen LogP contribution in [0.1, 0.15) is 12.5 Å². The SMILES string of the molecule is CCN1CCN(c2cnn(-c3ccc(C)cc3)c(=O)c2Cl)CC1. The summed E-state index contributed by atoms with van der Waals surface area (Å²) in [5.41, 5.74) is 2.32. The molecule has 0 amide bonds. The van der Waals surface area contributed by atoms with Gasteiger partial charge in [0, 0.05) is 26.2 Å². The molecule has 1 aromatic heterocycles. The standard InChI is InChI=1S/C17H21ClN4O/c1-3-20-8-10-21(11-9-20)15-12-19-22(17(23)16(15)18)14-6-4-13(2)5-7-14/h4-7,12H,3,8-11H2,1-2H3. The molecule has 1 aliphatic heterocycles. The largest absolute Gasteiger partial charge is 0.366 e. The average molecular weight is 333 g/mol. The Morgan fingerprint density at radius 2 is 1.78 bits per heavy atom. The van der Waals surface area contributed by atoms with Crippen LogP contribution in [0, 0.1) is 6.92 Å². The van der Waals surface area contributed by atoms with Crippen LogP contribution in [-0.2, 0) is 0 Å². The smallest absolute Gasteiger partial charge is 0.292 e. The van der Waals surface area contributed by atoms with Crippen LogP contribution in [0.4, 0.5) is 5.69 Å². The van der Waals surface area contributed by atoms with Gasteiger partial charge in [-0.25, -0.2) is 0 Å². The Morgan fingerprint density at radius 1 is 1.13 bits per heavy atom. The molecule has 0 saturated carbocycles. The number of anilines is 1. The molecule has 2 aromatic rings. The van der Waals surface area contributed by atoms with Crippen molar-refractivity contribution in [1.29, 1.82) is 0 Å². The Labute approximate surface area is 141 Å². The molecule has 1 aromatic carbocycles. The highest BCUT2D eigenvalue weighted by Gasteiger charge is 2.20. The van der Waals surface area contributed by atoms with Crippen molar-refractivity contribution in [2.75, 3.05) is 37.6 Å². The van der Waals surface area contributed by atoms with Gasteiger partial charge in [-0.3, -0.25) is 4.79 Å². The summed E-state index contributed by atoms with van der Waals surface area (Å²) in [6.45, 7) is 8.90. The van der Waals surface area contributed by atoms with Crippen LogP contribution in [-0.4, -0.2) is 47.4 Å². The summed E-state index contributed by atoms with van der Waals surface area (Å²) in [6, 6.07) is 7.66. The summed E-state index contributed by atoms with van der Waals surface area (Å²) < 4.78 is 1.35. The van der Waals surface area contributed by atoms with Crippen molar-refractivity contribution in [3.05, 3.63) is 51.4 Å². The van der Waals surface area contributed by atoms with E-state index in [1.807, 2.05) is 31.2 Å². The van der Waals surface area contributed by atoms with E-state index in [-0.39, 0.29) is 10.6 Å². The van der Waals surface area contributed by atoms with Crippen LogP contribution < -0.4 is 10.5 Å². The fourth-order valence-electron chi connectivity index (χ4n) is 2.82. The van der Waals surface area contributed by atoms with Crippen LogP contribution in [0.15, 0.2) is 35.3 Å². The van der Waals surface area contributed by atoms with E-state index < -0.39 is 0 Å². The van der Waals surface area contributed by atoms with Gasteiger partial charge >= 0.3 is 0 Å². The minimum atomic E-state index is -0.272. The molecule has 1 saturated heterocycles. The van der Waals surface area contributed by atoms with Gasteiger partial charge in [0.05, 0.1) is 17.6 Å². The molecule has 23 heavy (non-hydrogen) atoms. The van der Waals surface area contributed by atoms with Gasteiger partial charge in [-0.15, -0.1) is 0 Å². The molecule has 1 fully saturated rings. The van der Waals surface area contributed by atoms with E-state index in [0.29, 0.717) is 0 Å². The van der Waals surface area contributed by atoms with E-state index in [2.05, 4.69) is 21.8 Å². The topological polar surface area (TPSA) is 41.4 Å². The maximum atomic E-state index is 12.6. The predicted molar refractivity (Wildman–Crippen MR) is 93.9 cm³/mol. The van der Waals surface area contributed by atoms with Crippen LogP contribution in [0.3, 0.4) is 0 Å². The van der Waals surface area contributed by atoms with Gasteiger partial charge in [0.15, 0.2) is 0 Å². The lowest BCUT2D eigenvalue weighted by Gasteiger charge is -2.35. The summed E-state index contributed by atoms with van der Waals surface area (Å²) in [7, 11) is 0. The molecule has 0 N–H and O–H groups in total. The van der Waals surface area contributed by atoms with Crippen molar-refractivity contribution in [2.24, 2.45) is 0 Å². The molecule has 1 aliphatic rings. The van der Waals surface area contributed by atoms with Crippen molar-refractivity contribution < 1.29 is 0 Å². The number of benzene rings is 1. The number of halogens is 1. The van der Waals surface area contributed by atoms with E-state index in [9.17, 15) is 4.79 Å². The molecule has 0 aliphatic carbocycles. The lowest BCUT2D eigenvalue weighted by Crippen LogP contribution is -2.46. The molecule has 3 rings (SSSR count). The summed E-state index contributed by atoms with van der Waals surface area (Å²) in [4.78, 5) is 17.1. The van der Waals surface area contributed by atoms with Crippen LogP contribution in [0.25, 0.3) is 5.69 Å². The van der Waals surface area contributed by atoms with E-state index in [0.717, 1.165) is 49.7 Å². The monoisotopic (exact) mass is 332 g/mol. The third-order valence-corrected chi connectivity index (χ3v) is 4.69. The van der Waals surface area contributed by atoms with Crippen molar-refractivity contribution in [2.45, 2.75) is 13.8 Å². The van der Waals surface area contributed by atoms with Crippen LogP contribution in [0.5, 0.6) is 0 Å². The zero-order valence-corrected chi connectivity index (χ0v) is 14.3. The van der Waals surface area contributed by atoms with Gasteiger partial charge in [-0.05, 0) is 25.6 Å². The summed E-state index contributed by atoms with van der Waals surface area (Å²) in [6.07, 6.45) is 1.70. The van der Waals surface area contributed by atoms with E-state index >= 15 is 0 Å². The first-order valence-corrected chi connectivity index (χ1v) is 8.30. The molecule has 6 heteroatoms. The second-order valence-corrected chi connectivity index (χ2v) is 6.20. The van der Waals surface area contributed by atoms with Crippen LogP contribution >= 0.6 is 11.6 Å². The Bertz CT molecular complexity index is 733. The molecule has 0 bridgehead atoms. The summed E-state index contributed by atoms with van der Waals surface area (Å²) in [5.74, 6) is 0. The Balaban J connectivity index is 1.89. The molecule has 0 spiro atoms. The number of hydrogen-bond donors (Lipinski definition) is 0. The second kappa shape index (κ2) is 6.72. The number of likely N-dealkylation sites (N-methyl/N-ethyl adjacent to an activating group) is 1. The van der Waals surface area contributed by atoms with Crippen molar-refractivity contribution >= 4 is 17.3 Å². The van der Waals surface area contributed by atoms with Gasteiger partial charge < -0.3 is 9.80 Å². The molecule has 5 nitrogen and oxygen atoms in total. The fraction of sp³-hybridized carbons (Fsp3) is 0.412. The zero-order valence-electron chi connectivity index (χ0n) is 13.5. The molecular weight excluding hydrogens is 312 g/mol. The van der Waals surface area contributed by atoms with Gasteiger partial charge in [0.2, 0.25) is 0 Å². The van der Waals surface area contributed by atoms with Gasteiger partial charge in [0.1, 0.15) is 5.02 Å². The number of piperazine rings is 1. The minimum absolute atomic E-state index is 0.241. The zero-order chi connectivity index (χ0) is 16.4. The first-order chi connectivity index (χ1) is 11.1. The first-order valence-electron chi connectivity index (χ1n) is 7.92. The van der Waals surface area contributed by atoms with E-state index in [1.165, 1.54) is 4.68 Å². The fourth-order valence-corrected chi connectivity index (χ4v) is 3.07. The minimum Gasteiger partial charge on any atom is -0.366 e. The molecule has 122 valence electrons. The molecule has 0 atom stereocenters. The number of aromatic nitrogens is 2. The lowest BCUT2D eigenvalue weighted by molar-refractivity contribution is 0.271. The van der Waals surface area contributed by atoms with Crippen molar-refractivity contribution in [1.82, 2.24) is 14.7 Å².